The van der Waals surface area contributed by atoms with E-state index < -0.39 is 4.92 Å². The number of nitro groups is 1. The van der Waals surface area contributed by atoms with Crippen LogP contribution in [0.4, 0.5) is 0 Å². The standard InChI is InChI=1S/C4H4N2O2S2.K/c5-1-2-10-4(9)3-6(7)8;/h3,9H,2H2;/q;+1/b4-3+;. The second-order valence-corrected chi connectivity index (χ2v) is 3.00. The molecule has 0 bridgehead atoms. The molecule has 0 aliphatic carbocycles. The molecule has 0 unspecified atom stereocenters. The smallest absolute Gasteiger partial charge is 0.259 e. The monoisotopic (exact) mass is 215 g/mol. The summed E-state index contributed by atoms with van der Waals surface area (Å²) in [6.07, 6.45) is 0.755. The van der Waals surface area contributed by atoms with Crippen LogP contribution in [0.2, 0.25) is 0 Å². The summed E-state index contributed by atoms with van der Waals surface area (Å²) in [5, 5.41) is 17.8. The molecule has 0 radical (unpaired) electrons. The summed E-state index contributed by atoms with van der Waals surface area (Å²) in [5.74, 6) is 0.184. The number of nitriles is 1. The van der Waals surface area contributed by atoms with Gasteiger partial charge in [0.05, 0.1) is 16.7 Å². The molecule has 0 aromatic carbocycles. The molecule has 4 nitrogen and oxygen atoms in total. The zero-order valence-electron chi connectivity index (χ0n) is 5.85. The van der Waals surface area contributed by atoms with Crippen molar-refractivity contribution in [3.63, 3.8) is 0 Å². The first kappa shape index (κ1) is 14.5. The van der Waals surface area contributed by atoms with Gasteiger partial charge in [-0.1, -0.05) is 11.8 Å². The van der Waals surface area contributed by atoms with E-state index in [4.69, 9.17) is 5.26 Å². The van der Waals surface area contributed by atoms with E-state index in [2.05, 4.69) is 12.6 Å². The van der Waals surface area contributed by atoms with Crippen LogP contribution in [0, 0.1) is 21.4 Å². The van der Waals surface area contributed by atoms with Crippen LogP contribution in [0.15, 0.2) is 10.4 Å². The van der Waals surface area contributed by atoms with Crippen molar-refractivity contribution in [2.75, 3.05) is 5.75 Å². The largest absolute Gasteiger partial charge is 1.00 e. The van der Waals surface area contributed by atoms with Crippen LogP contribution in [-0.4, -0.2) is 10.7 Å². The molecule has 0 saturated carbocycles. The predicted molar refractivity (Wildman–Crippen MR) is 42.1 cm³/mol. The van der Waals surface area contributed by atoms with Gasteiger partial charge in [-0.2, -0.15) is 5.26 Å². The summed E-state index contributed by atoms with van der Waals surface area (Å²) in [4.78, 5) is 9.15. The Morgan fingerprint density at radius 1 is 1.91 bits per heavy atom. The molecule has 0 aliphatic rings. The SMILES string of the molecule is N#CCS/C(S)=C/[N+](=O)[O-].[K+]. The maximum absolute atomic E-state index is 9.76. The minimum Gasteiger partial charge on any atom is -0.259 e. The van der Waals surface area contributed by atoms with Crippen LogP contribution >= 0.6 is 24.4 Å². The van der Waals surface area contributed by atoms with Crippen LogP contribution < -0.4 is 51.4 Å². The first-order valence-corrected chi connectivity index (χ1v) is 3.64. The molecule has 0 saturated heterocycles. The Balaban J connectivity index is 0. The first-order chi connectivity index (χ1) is 4.66. The summed E-state index contributed by atoms with van der Waals surface area (Å²) in [6, 6.07) is 1.82. The molecule has 0 spiro atoms. The van der Waals surface area contributed by atoms with E-state index in [1.165, 1.54) is 0 Å². The van der Waals surface area contributed by atoms with Crippen molar-refractivity contribution < 1.29 is 56.3 Å². The molecule has 0 N–H and O–H groups in total. The molecule has 54 valence electrons. The van der Waals surface area contributed by atoms with Gasteiger partial charge in [-0.15, -0.1) is 12.6 Å². The summed E-state index contributed by atoms with van der Waals surface area (Å²) in [6.45, 7) is 0. The number of nitrogens with zero attached hydrogens (tertiary/aromatic N) is 2. The molecule has 0 aromatic rings. The van der Waals surface area contributed by atoms with Crippen molar-refractivity contribution in [1.29, 1.82) is 5.26 Å². The van der Waals surface area contributed by atoms with Crippen LogP contribution in [0.5, 0.6) is 0 Å². The quantitative estimate of drug-likeness (QED) is 0.262. The van der Waals surface area contributed by atoms with E-state index in [1.54, 1.807) is 0 Å². The number of thioether (sulfide) groups is 1. The van der Waals surface area contributed by atoms with Gasteiger partial charge >= 0.3 is 51.4 Å². The molecule has 11 heavy (non-hydrogen) atoms. The fraction of sp³-hybridized carbons (Fsp3) is 0.250. The van der Waals surface area contributed by atoms with Crippen molar-refractivity contribution in [2.45, 2.75) is 0 Å². The number of rotatable bonds is 3. The number of thiol groups is 1. The molecule has 0 rings (SSSR count). The predicted octanol–water partition coefficient (Wildman–Crippen LogP) is -1.75. The Hall–Kier alpha value is 0.966. The second-order valence-electron chi connectivity index (χ2n) is 1.20. The summed E-state index contributed by atoms with van der Waals surface area (Å²) < 4.78 is 0.242. The van der Waals surface area contributed by atoms with Gasteiger partial charge < -0.3 is 0 Å². The Kier molecular flexibility index (Phi) is 11.9. The Labute approximate surface area is 116 Å². The van der Waals surface area contributed by atoms with E-state index in [9.17, 15) is 10.1 Å². The Morgan fingerprint density at radius 2 is 2.45 bits per heavy atom. The number of hydrogen-bond donors (Lipinski definition) is 1. The normalized spacial score (nSPS) is 9.64. The third-order valence-electron chi connectivity index (χ3n) is 0.500. The zero-order valence-corrected chi connectivity index (χ0v) is 10.7. The molecule has 7 heteroatoms. The van der Waals surface area contributed by atoms with Gasteiger partial charge in [0, 0.05) is 0 Å². The van der Waals surface area contributed by atoms with Gasteiger partial charge in [0.25, 0.3) is 6.20 Å². The van der Waals surface area contributed by atoms with Crippen molar-refractivity contribution in [3.05, 3.63) is 20.6 Å². The van der Waals surface area contributed by atoms with Crippen molar-refractivity contribution in [2.24, 2.45) is 0 Å². The Bertz CT molecular complexity index is 201. The Morgan fingerprint density at radius 3 is 2.82 bits per heavy atom. The first-order valence-electron chi connectivity index (χ1n) is 2.21. The van der Waals surface area contributed by atoms with E-state index in [1.807, 2.05) is 6.07 Å². The number of hydrogen-bond acceptors (Lipinski definition) is 5. The zero-order chi connectivity index (χ0) is 7.98. The second kappa shape index (κ2) is 9.06. The fourth-order valence-corrected chi connectivity index (χ4v) is 0.895. The van der Waals surface area contributed by atoms with Crippen molar-refractivity contribution in [3.8, 4) is 6.07 Å². The molecule has 0 amide bonds. The minimum absolute atomic E-state index is 0. The molecule has 0 aliphatic heterocycles. The van der Waals surface area contributed by atoms with E-state index in [0.29, 0.717) is 0 Å². The topological polar surface area (TPSA) is 66.9 Å². The van der Waals surface area contributed by atoms with Crippen molar-refractivity contribution in [1.82, 2.24) is 0 Å². The molecule has 0 heterocycles. The molecule has 0 fully saturated rings. The van der Waals surface area contributed by atoms with Gasteiger partial charge in [0.15, 0.2) is 0 Å². The average molecular weight is 215 g/mol. The van der Waals surface area contributed by atoms with E-state index in [0.717, 1.165) is 18.0 Å². The van der Waals surface area contributed by atoms with Gasteiger partial charge in [-0.3, -0.25) is 10.1 Å². The van der Waals surface area contributed by atoms with Gasteiger partial charge in [0.1, 0.15) is 4.24 Å². The third kappa shape index (κ3) is 11.0. The van der Waals surface area contributed by atoms with Crippen LogP contribution in [0.1, 0.15) is 0 Å². The van der Waals surface area contributed by atoms with Crippen LogP contribution in [0.25, 0.3) is 0 Å². The van der Waals surface area contributed by atoms with E-state index in [-0.39, 0.29) is 61.4 Å². The molecular formula is C4H4KN2O2S2+. The summed E-state index contributed by atoms with van der Waals surface area (Å²) in [7, 11) is 0. The van der Waals surface area contributed by atoms with Crippen molar-refractivity contribution >= 4 is 24.4 Å². The maximum atomic E-state index is 9.76. The molecule has 0 aromatic heterocycles. The van der Waals surface area contributed by atoms with Crippen LogP contribution in [-0.2, 0) is 0 Å². The summed E-state index contributed by atoms with van der Waals surface area (Å²) in [5.41, 5.74) is 0. The molecular weight excluding hydrogens is 211 g/mol. The minimum atomic E-state index is -0.604. The maximum Gasteiger partial charge on any atom is 1.00 e. The van der Waals surface area contributed by atoms with Crippen LogP contribution in [0.3, 0.4) is 0 Å². The van der Waals surface area contributed by atoms with Gasteiger partial charge in [0.2, 0.25) is 0 Å². The average Bonchev–Trinajstić information content (AvgIpc) is 1.82. The van der Waals surface area contributed by atoms with Gasteiger partial charge in [-0.25, -0.2) is 0 Å². The fourth-order valence-electron chi connectivity index (χ4n) is 0.234. The van der Waals surface area contributed by atoms with Gasteiger partial charge in [-0.05, 0) is 0 Å². The molecule has 0 atom stereocenters. The third-order valence-corrected chi connectivity index (χ3v) is 1.68. The summed E-state index contributed by atoms with van der Waals surface area (Å²) >= 11 is 4.76. The van der Waals surface area contributed by atoms with E-state index >= 15 is 0 Å².